The molecule has 0 bridgehead atoms. The first-order chi connectivity index (χ1) is 8.15. The Kier molecular flexibility index (Phi) is 6.08. The first-order valence-corrected chi connectivity index (χ1v) is 6.74. The van der Waals surface area contributed by atoms with E-state index in [2.05, 4.69) is 6.92 Å². The van der Waals surface area contributed by atoms with Crippen molar-refractivity contribution in [3.8, 4) is 5.75 Å². The van der Waals surface area contributed by atoms with Gasteiger partial charge in [-0.05, 0) is 19.1 Å². The lowest BCUT2D eigenvalue weighted by Gasteiger charge is -2.11. The molecule has 0 saturated heterocycles. The summed E-state index contributed by atoms with van der Waals surface area (Å²) in [4.78, 5) is 11.4. The van der Waals surface area contributed by atoms with Crippen LogP contribution in [0.4, 0.5) is 0 Å². The summed E-state index contributed by atoms with van der Waals surface area (Å²) in [6.45, 7) is 4.91. The number of hydrogen-bond acceptors (Lipinski definition) is 4. The van der Waals surface area contributed by atoms with Crippen molar-refractivity contribution in [1.82, 2.24) is 0 Å². The van der Waals surface area contributed by atoms with Crippen molar-refractivity contribution in [3.05, 3.63) is 29.8 Å². The maximum absolute atomic E-state index is 11.4. The Balaban J connectivity index is 2.44. The molecule has 0 heterocycles. The lowest BCUT2D eigenvalue weighted by atomic mass is 10.1. The number of ether oxygens (including phenoxy) is 1. The number of hydrogen-bond donors (Lipinski definition) is 1. The van der Waals surface area contributed by atoms with Crippen LogP contribution in [-0.2, 0) is 0 Å². The second-order valence-electron chi connectivity index (χ2n) is 3.82. The Labute approximate surface area is 107 Å². The lowest BCUT2D eigenvalue weighted by molar-refractivity contribution is 0.101. The first kappa shape index (κ1) is 14.1. The van der Waals surface area contributed by atoms with Gasteiger partial charge in [0.05, 0.1) is 12.2 Å². The summed E-state index contributed by atoms with van der Waals surface area (Å²) in [6.07, 6.45) is 0. The molecule has 17 heavy (non-hydrogen) atoms. The van der Waals surface area contributed by atoms with Crippen molar-refractivity contribution in [1.29, 1.82) is 0 Å². The Morgan fingerprint density at radius 1 is 1.47 bits per heavy atom. The number of benzene rings is 1. The van der Waals surface area contributed by atoms with Crippen molar-refractivity contribution in [3.63, 3.8) is 0 Å². The van der Waals surface area contributed by atoms with E-state index in [0.29, 0.717) is 29.7 Å². The number of Topliss-reactive ketones (excluding diaryl/α,β-unsaturated/α-hetero) is 1. The van der Waals surface area contributed by atoms with E-state index in [1.54, 1.807) is 24.8 Å². The fourth-order valence-electron chi connectivity index (χ4n) is 1.35. The molecule has 0 aliphatic heterocycles. The van der Waals surface area contributed by atoms with E-state index < -0.39 is 0 Å². The summed E-state index contributed by atoms with van der Waals surface area (Å²) < 4.78 is 5.61. The molecule has 1 unspecified atom stereocenters. The summed E-state index contributed by atoms with van der Waals surface area (Å²) in [6, 6.07) is 7.33. The number of carbonyl (C=O) groups is 1. The maximum atomic E-state index is 11.4. The molecule has 1 rings (SSSR count). The van der Waals surface area contributed by atoms with Gasteiger partial charge in [0, 0.05) is 17.5 Å². The first-order valence-electron chi connectivity index (χ1n) is 5.69. The number of rotatable bonds is 7. The molecule has 0 aliphatic carbocycles. The fourth-order valence-corrected chi connectivity index (χ4v) is 2.07. The second-order valence-corrected chi connectivity index (χ2v) is 5.36. The minimum absolute atomic E-state index is 0.0311. The van der Waals surface area contributed by atoms with Crippen LogP contribution in [0.5, 0.6) is 5.75 Å². The molecule has 1 atom stereocenters. The van der Waals surface area contributed by atoms with Crippen LogP contribution in [0.15, 0.2) is 24.3 Å². The van der Waals surface area contributed by atoms with Gasteiger partial charge in [0.15, 0.2) is 5.78 Å². The summed E-state index contributed by atoms with van der Waals surface area (Å²) in [7, 11) is 0. The van der Waals surface area contributed by atoms with Gasteiger partial charge < -0.3 is 10.5 Å². The van der Waals surface area contributed by atoms with Crippen LogP contribution in [0, 0.1) is 0 Å². The molecule has 0 spiro atoms. The highest BCUT2D eigenvalue weighted by Gasteiger charge is 2.07. The molecular weight excluding hydrogens is 234 g/mol. The summed E-state index contributed by atoms with van der Waals surface area (Å²) in [5, 5.41) is 0.446. The number of para-hydroxylation sites is 1. The molecule has 0 fully saturated rings. The van der Waals surface area contributed by atoms with Crippen molar-refractivity contribution >= 4 is 17.5 Å². The molecule has 0 aliphatic rings. The highest BCUT2D eigenvalue weighted by atomic mass is 32.2. The van der Waals surface area contributed by atoms with Crippen LogP contribution in [0.3, 0.4) is 0 Å². The predicted molar refractivity (Wildman–Crippen MR) is 72.9 cm³/mol. The molecule has 2 N–H and O–H groups in total. The van der Waals surface area contributed by atoms with Gasteiger partial charge in [0.25, 0.3) is 0 Å². The number of thioether (sulfide) groups is 1. The van der Waals surface area contributed by atoms with Crippen molar-refractivity contribution in [2.45, 2.75) is 19.1 Å². The van der Waals surface area contributed by atoms with E-state index in [9.17, 15) is 4.79 Å². The summed E-state index contributed by atoms with van der Waals surface area (Å²) >= 11 is 1.77. The lowest BCUT2D eigenvalue weighted by Crippen LogP contribution is -2.14. The van der Waals surface area contributed by atoms with Gasteiger partial charge in [0.2, 0.25) is 0 Å². The van der Waals surface area contributed by atoms with E-state index in [4.69, 9.17) is 10.5 Å². The predicted octanol–water partition coefficient (Wildman–Crippen LogP) is 2.35. The zero-order valence-corrected chi connectivity index (χ0v) is 11.1. The average molecular weight is 253 g/mol. The Morgan fingerprint density at radius 3 is 2.82 bits per heavy atom. The molecule has 1 aromatic rings. The van der Waals surface area contributed by atoms with E-state index in [1.165, 1.54) is 0 Å². The molecular formula is C13H19NO2S. The zero-order chi connectivity index (χ0) is 12.7. The SMILES string of the molecule is CC(=O)c1ccccc1OCCSC(C)CN. The number of carbonyl (C=O) groups excluding carboxylic acids is 1. The summed E-state index contributed by atoms with van der Waals surface area (Å²) in [5.41, 5.74) is 6.17. The van der Waals surface area contributed by atoms with Crippen molar-refractivity contribution < 1.29 is 9.53 Å². The minimum Gasteiger partial charge on any atom is -0.492 e. The smallest absolute Gasteiger partial charge is 0.163 e. The van der Waals surface area contributed by atoms with E-state index in [-0.39, 0.29) is 5.78 Å². The van der Waals surface area contributed by atoms with Gasteiger partial charge in [-0.2, -0.15) is 11.8 Å². The van der Waals surface area contributed by atoms with Gasteiger partial charge in [-0.15, -0.1) is 0 Å². The molecule has 1 aromatic carbocycles. The van der Waals surface area contributed by atoms with Crippen LogP contribution < -0.4 is 10.5 Å². The molecule has 0 aromatic heterocycles. The van der Waals surface area contributed by atoms with Crippen LogP contribution in [0.1, 0.15) is 24.2 Å². The zero-order valence-electron chi connectivity index (χ0n) is 10.3. The molecule has 4 heteroatoms. The highest BCUT2D eigenvalue weighted by molar-refractivity contribution is 7.99. The second kappa shape index (κ2) is 7.35. The van der Waals surface area contributed by atoms with E-state index >= 15 is 0 Å². The minimum atomic E-state index is 0.0311. The third-order valence-corrected chi connectivity index (χ3v) is 3.51. The van der Waals surface area contributed by atoms with Crippen LogP contribution >= 0.6 is 11.8 Å². The molecule has 94 valence electrons. The molecule has 0 saturated carbocycles. The van der Waals surface area contributed by atoms with Gasteiger partial charge in [0.1, 0.15) is 5.75 Å². The third kappa shape index (κ3) is 4.79. The van der Waals surface area contributed by atoms with Gasteiger partial charge >= 0.3 is 0 Å². The van der Waals surface area contributed by atoms with Crippen LogP contribution in [0.25, 0.3) is 0 Å². The van der Waals surface area contributed by atoms with Crippen LogP contribution in [0.2, 0.25) is 0 Å². The molecule has 3 nitrogen and oxygen atoms in total. The number of ketones is 1. The van der Waals surface area contributed by atoms with Crippen molar-refractivity contribution in [2.24, 2.45) is 5.73 Å². The normalized spacial score (nSPS) is 12.2. The van der Waals surface area contributed by atoms with E-state index in [0.717, 1.165) is 5.75 Å². The standard InChI is InChI=1S/C13H19NO2S/c1-10(9-14)17-8-7-16-13-6-4-3-5-12(13)11(2)15/h3-6,10H,7-9,14H2,1-2H3. The molecule has 0 amide bonds. The Bertz CT molecular complexity index is 368. The number of nitrogens with two attached hydrogens (primary N) is 1. The Morgan fingerprint density at radius 2 is 2.18 bits per heavy atom. The molecule has 0 radical (unpaired) electrons. The third-order valence-electron chi connectivity index (χ3n) is 2.34. The van der Waals surface area contributed by atoms with Crippen molar-refractivity contribution in [2.75, 3.05) is 18.9 Å². The van der Waals surface area contributed by atoms with Gasteiger partial charge in [-0.1, -0.05) is 19.1 Å². The van der Waals surface area contributed by atoms with Gasteiger partial charge in [-0.25, -0.2) is 0 Å². The fraction of sp³-hybridized carbons (Fsp3) is 0.462. The quantitative estimate of drug-likeness (QED) is 0.598. The summed E-state index contributed by atoms with van der Waals surface area (Å²) in [5.74, 6) is 1.58. The Hall–Kier alpha value is -1.00. The van der Waals surface area contributed by atoms with Crippen LogP contribution in [-0.4, -0.2) is 29.9 Å². The average Bonchev–Trinajstić information content (AvgIpc) is 2.34. The monoisotopic (exact) mass is 253 g/mol. The largest absolute Gasteiger partial charge is 0.492 e. The van der Waals surface area contributed by atoms with Gasteiger partial charge in [-0.3, -0.25) is 4.79 Å². The topological polar surface area (TPSA) is 52.3 Å². The maximum Gasteiger partial charge on any atom is 0.163 e. The van der Waals surface area contributed by atoms with E-state index in [1.807, 2.05) is 18.2 Å². The highest BCUT2D eigenvalue weighted by Crippen LogP contribution is 2.19.